The van der Waals surface area contributed by atoms with Crippen LogP contribution in [0.25, 0.3) is 0 Å². The van der Waals surface area contributed by atoms with E-state index in [0.717, 1.165) is 6.07 Å². The second-order valence-corrected chi connectivity index (χ2v) is 5.87. The van der Waals surface area contributed by atoms with Gasteiger partial charge in [-0.3, -0.25) is 14.8 Å². The first-order valence-corrected chi connectivity index (χ1v) is 7.05. The number of nitrogens with zero attached hydrogens (tertiary/aromatic N) is 2. The van der Waals surface area contributed by atoms with Crippen LogP contribution in [0.1, 0.15) is 5.56 Å². The quantitative estimate of drug-likeness (QED) is 0.683. The molecule has 0 spiro atoms. The van der Waals surface area contributed by atoms with E-state index in [0.29, 0.717) is 0 Å². The van der Waals surface area contributed by atoms with Gasteiger partial charge in [0.05, 0.1) is 9.82 Å². The van der Waals surface area contributed by atoms with Crippen LogP contribution in [0.3, 0.4) is 0 Å². The summed E-state index contributed by atoms with van der Waals surface area (Å²) in [5, 5.41) is 14.1. The molecular weight excluding hydrogens is 310 g/mol. The fraction of sp³-hybridized carbons (Fsp3) is 0.100. The zero-order valence-electron chi connectivity index (χ0n) is 10.0. The van der Waals surface area contributed by atoms with Gasteiger partial charge >= 0.3 is 0 Å². The number of anilines is 1. The first-order chi connectivity index (χ1) is 9.31. The normalized spacial score (nSPS) is 11.3. The van der Waals surface area contributed by atoms with Gasteiger partial charge in [-0.15, -0.1) is 0 Å². The average Bonchev–Trinajstić information content (AvgIpc) is 2.79. The van der Waals surface area contributed by atoms with Crippen LogP contribution >= 0.6 is 11.6 Å². The third kappa shape index (κ3) is 2.73. The number of nitro groups is 1. The zero-order chi connectivity index (χ0) is 14.9. The number of nitro benzene ring substituents is 1. The maximum atomic E-state index is 12.1. The molecular formula is C10H8ClN3O5S. The number of hydrogen-bond donors (Lipinski definition) is 1. The van der Waals surface area contributed by atoms with E-state index >= 15 is 0 Å². The summed E-state index contributed by atoms with van der Waals surface area (Å²) >= 11 is 5.71. The van der Waals surface area contributed by atoms with E-state index in [-0.39, 0.29) is 21.3 Å². The van der Waals surface area contributed by atoms with Gasteiger partial charge in [-0.2, -0.15) is 0 Å². The Bertz CT molecular complexity index is 757. The fourth-order valence-electron chi connectivity index (χ4n) is 1.53. The van der Waals surface area contributed by atoms with Crippen molar-refractivity contribution in [1.82, 2.24) is 5.16 Å². The number of halogens is 1. The minimum Gasteiger partial charge on any atom is -0.363 e. The summed E-state index contributed by atoms with van der Waals surface area (Å²) in [5.74, 6) is -0.0259. The lowest BCUT2D eigenvalue weighted by Crippen LogP contribution is -2.15. The third-order valence-electron chi connectivity index (χ3n) is 2.41. The molecule has 1 heterocycles. The molecule has 0 saturated carbocycles. The molecule has 8 nitrogen and oxygen atoms in total. The Kier molecular flexibility index (Phi) is 3.64. The van der Waals surface area contributed by atoms with E-state index in [1.165, 1.54) is 25.3 Å². The second kappa shape index (κ2) is 5.10. The molecule has 0 aliphatic rings. The highest BCUT2D eigenvalue weighted by atomic mass is 35.5. The van der Waals surface area contributed by atoms with Crippen LogP contribution in [0.2, 0.25) is 5.02 Å². The molecule has 2 rings (SSSR count). The summed E-state index contributed by atoms with van der Waals surface area (Å²) in [7, 11) is -4.02. The third-order valence-corrected chi connectivity index (χ3v) is 4.21. The van der Waals surface area contributed by atoms with Crippen molar-refractivity contribution < 1.29 is 17.9 Å². The summed E-state index contributed by atoms with van der Waals surface area (Å²) in [6.45, 7) is 1.48. The minimum absolute atomic E-state index is 0.0259. The Labute approximate surface area is 118 Å². The molecule has 1 N–H and O–H groups in total. The molecule has 2 aromatic rings. The van der Waals surface area contributed by atoms with Crippen LogP contribution in [0.15, 0.2) is 33.9 Å². The highest BCUT2D eigenvalue weighted by molar-refractivity contribution is 7.92. The Morgan fingerprint density at radius 1 is 1.45 bits per heavy atom. The maximum Gasteiger partial charge on any atom is 0.289 e. The Morgan fingerprint density at radius 3 is 2.70 bits per heavy atom. The molecule has 0 aliphatic carbocycles. The number of aromatic nitrogens is 1. The fourth-order valence-corrected chi connectivity index (χ4v) is 3.06. The topological polar surface area (TPSA) is 115 Å². The molecule has 0 amide bonds. The molecule has 10 heteroatoms. The van der Waals surface area contributed by atoms with Crippen molar-refractivity contribution >= 4 is 33.1 Å². The molecule has 0 fully saturated rings. The average molecular weight is 318 g/mol. The van der Waals surface area contributed by atoms with Crippen LogP contribution in [-0.2, 0) is 10.0 Å². The monoisotopic (exact) mass is 317 g/mol. The first-order valence-electron chi connectivity index (χ1n) is 5.19. The van der Waals surface area contributed by atoms with E-state index in [1.54, 1.807) is 0 Å². The van der Waals surface area contributed by atoms with Crippen LogP contribution in [0, 0.1) is 17.0 Å². The number of benzene rings is 1. The van der Waals surface area contributed by atoms with Crippen molar-refractivity contribution in [2.45, 2.75) is 11.8 Å². The van der Waals surface area contributed by atoms with Crippen LogP contribution in [0.4, 0.5) is 11.5 Å². The molecule has 0 saturated heterocycles. The smallest absolute Gasteiger partial charge is 0.289 e. The highest BCUT2D eigenvalue weighted by Crippen LogP contribution is 2.30. The van der Waals surface area contributed by atoms with Crippen LogP contribution < -0.4 is 4.72 Å². The number of aryl methyl sites for hydroxylation is 1. The lowest BCUT2D eigenvalue weighted by Gasteiger charge is -2.08. The van der Waals surface area contributed by atoms with Crippen molar-refractivity contribution in [3.05, 3.63) is 45.2 Å². The largest absolute Gasteiger partial charge is 0.363 e. The molecule has 20 heavy (non-hydrogen) atoms. The summed E-state index contributed by atoms with van der Waals surface area (Å²) in [4.78, 5) is 9.80. The van der Waals surface area contributed by atoms with E-state index in [4.69, 9.17) is 11.6 Å². The summed E-state index contributed by atoms with van der Waals surface area (Å²) < 4.78 is 30.9. The van der Waals surface area contributed by atoms with Gasteiger partial charge < -0.3 is 4.52 Å². The second-order valence-electron chi connectivity index (χ2n) is 3.82. The molecule has 1 aromatic carbocycles. The van der Waals surface area contributed by atoms with E-state index < -0.39 is 20.6 Å². The van der Waals surface area contributed by atoms with E-state index in [1.807, 2.05) is 0 Å². The zero-order valence-corrected chi connectivity index (χ0v) is 11.6. The van der Waals surface area contributed by atoms with Crippen molar-refractivity contribution in [2.75, 3.05) is 4.72 Å². The van der Waals surface area contributed by atoms with Gasteiger partial charge in [-0.05, 0) is 18.6 Å². The number of sulfonamides is 1. The summed E-state index contributed by atoms with van der Waals surface area (Å²) in [6.07, 6.45) is 1.19. The Morgan fingerprint density at radius 2 is 2.15 bits per heavy atom. The molecule has 0 aliphatic heterocycles. The molecule has 0 unspecified atom stereocenters. The van der Waals surface area contributed by atoms with Crippen LogP contribution in [-0.4, -0.2) is 18.5 Å². The maximum absolute atomic E-state index is 12.1. The lowest BCUT2D eigenvalue weighted by molar-refractivity contribution is -0.384. The predicted molar refractivity (Wildman–Crippen MR) is 70.2 cm³/mol. The van der Waals surface area contributed by atoms with Crippen molar-refractivity contribution in [2.24, 2.45) is 0 Å². The van der Waals surface area contributed by atoms with Gasteiger partial charge in [-0.25, -0.2) is 8.42 Å². The standard InChI is InChI=1S/C10H8ClN3O5S/c1-6-4-7(11)8(14(15)16)5-9(6)20(17,18)13-10-2-3-19-12-10/h2-5H,1H3,(H,12,13). The molecule has 106 valence electrons. The van der Waals surface area contributed by atoms with Gasteiger partial charge in [-0.1, -0.05) is 16.8 Å². The first kappa shape index (κ1) is 14.3. The van der Waals surface area contributed by atoms with Gasteiger partial charge in [0.25, 0.3) is 15.7 Å². The highest BCUT2D eigenvalue weighted by Gasteiger charge is 2.24. The van der Waals surface area contributed by atoms with Crippen molar-refractivity contribution in [1.29, 1.82) is 0 Å². The number of hydrogen-bond acceptors (Lipinski definition) is 6. The van der Waals surface area contributed by atoms with Gasteiger partial charge in [0, 0.05) is 12.1 Å². The Hall–Kier alpha value is -2.13. The molecule has 0 radical (unpaired) electrons. The van der Waals surface area contributed by atoms with Gasteiger partial charge in [0.2, 0.25) is 0 Å². The molecule has 1 aromatic heterocycles. The van der Waals surface area contributed by atoms with Crippen molar-refractivity contribution in [3.8, 4) is 0 Å². The number of rotatable bonds is 4. The number of nitrogens with one attached hydrogen (secondary N) is 1. The van der Waals surface area contributed by atoms with Gasteiger partial charge in [0.15, 0.2) is 5.82 Å². The van der Waals surface area contributed by atoms with E-state index in [9.17, 15) is 18.5 Å². The minimum atomic E-state index is -4.02. The Balaban J connectivity index is 2.51. The molecule has 0 bridgehead atoms. The SMILES string of the molecule is Cc1cc(Cl)c([N+](=O)[O-])cc1S(=O)(=O)Nc1ccon1. The van der Waals surface area contributed by atoms with E-state index in [2.05, 4.69) is 14.4 Å². The molecule has 0 atom stereocenters. The summed E-state index contributed by atoms with van der Waals surface area (Å²) in [5.41, 5.74) is -0.214. The van der Waals surface area contributed by atoms with Gasteiger partial charge in [0.1, 0.15) is 11.3 Å². The summed E-state index contributed by atoms with van der Waals surface area (Å²) in [6, 6.07) is 3.42. The van der Waals surface area contributed by atoms with Crippen molar-refractivity contribution in [3.63, 3.8) is 0 Å². The lowest BCUT2D eigenvalue weighted by atomic mass is 10.2. The predicted octanol–water partition coefficient (Wildman–Crippen LogP) is 2.35. The van der Waals surface area contributed by atoms with Crippen LogP contribution in [0.5, 0.6) is 0 Å².